The Morgan fingerprint density at radius 1 is 1.21 bits per heavy atom. The number of amides is 2. The fourth-order valence-corrected chi connectivity index (χ4v) is 2.59. The number of hydrogen-bond donors (Lipinski definition) is 1. The molecule has 1 saturated heterocycles. The van der Waals surface area contributed by atoms with Gasteiger partial charge in [0.2, 0.25) is 11.8 Å². The van der Waals surface area contributed by atoms with E-state index in [1.165, 1.54) is 0 Å². The first-order valence-electron chi connectivity index (χ1n) is 7.49. The number of carbonyl (C=O) groups is 2. The molecule has 2 atom stereocenters. The highest BCUT2D eigenvalue weighted by Gasteiger charge is 2.41. The van der Waals surface area contributed by atoms with Crippen molar-refractivity contribution in [2.45, 2.75) is 66.0 Å². The summed E-state index contributed by atoms with van der Waals surface area (Å²) in [6.07, 6.45) is 2.58. The highest BCUT2D eigenvalue weighted by molar-refractivity contribution is 5.97. The topological polar surface area (TPSA) is 49.4 Å². The van der Waals surface area contributed by atoms with Gasteiger partial charge in [-0.1, -0.05) is 41.0 Å². The lowest BCUT2D eigenvalue weighted by atomic mass is 9.95. The van der Waals surface area contributed by atoms with Crippen LogP contribution in [-0.4, -0.2) is 35.3 Å². The van der Waals surface area contributed by atoms with Crippen LogP contribution in [0.5, 0.6) is 0 Å². The molecule has 4 heteroatoms. The van der Waals surface area contributed by atoms with Gasteiger partial charge in [0.05, 0.1) is 0 Å². The Hall–Kier alpha value is -1.06. The van der Waals surface area contributed by atoms with E-state index in [1.807, 2.05) is 25.7 Å². The summed E-state index contributed by atoms with van der Waals surface area (Å²) in [6, 6.07) is -0.626. The molecule has 0 aromatic rings. The Bertz CT molecular complexity index is 326. The molecule has 0 bridgehead atoms. The predicted octanol–water partition coefficient (Wildman–Crippen LogP) is 2.18. The molecule has 1 aliphatic rings. The molecule has 1 rings (SSSR count). The van der Waals surface area contributed by atoms with Crippen LogP contribution in [0, 0.1) is 11.8 Å². The minimum atomic E-state index is -0.320. The van der Waals surface area contributed by atoms with E-state index in [0.717, 1.165) is 19.3 Å². The zero-order chi connectivity index (χ0) is 14.6. The van der Waals surface area contributed by atoms with Crippen LogP contribution in [0.25, 0.3) is 0 Å². The van der Waals surface area contributed by atoms with Crippen molar-refractivity contribution in [3.05, 3.63) is 0 Å². The molecule has 1 N–H and O–H groups in total. The van der Waals surface area contributed by atoms with Gasteiger partial charge < -0.3 is 10.2 Å². The SMILES string of the molecule is CCCC1NC(=O)C(C(C)C)N(CCC(C)C)C1=O. The molecule has 1 heterocycles. The standard InChI is InChI=1S/C15H28N2O2/c1-6-7-12-15(19)17(9-8-10(2)3)13(11(4)5)14(18)16-12/h10-13H,6-9H2,1-5H3,(H,16,18). The van der Waals surface area contributed by atoms with E-state index in [9.17, 15) is 9.59 Å². The summed E-state index contributed by atoms with van der Waals surface area (Å²) in [7, 11) is 0. The van der Waals surface area contributed by atoms with Crippen LogP contribution in [0.2, 0.25) is 0 Å². The molecule has 1 aliphatic heterocycles. The summed E-state index contributed by atoms with van der Waals surface area (Å²) in [5.74, 6) is 0.798. The van der Waals surface area contributed by atoms with Gasteiger partial charge in [-0.2, -0.15) is 0 Å². The van der Waals surface area contributed by atoms with Gasteiger partial charge in [0, 0.05) is 6.54 Å². The minimum absolute atomic E-state index is 0.0109. The van der Waals surface area contributed by atoms with E-state index >= 15 is 0 Å². The fraction of sp³-hybridized carbons (Fsp3) is 0.867. The molecule has 2 amide bonds. The Morgan fingerprint density at radius 3 is 2.32 bits per heavy atom. The number of carbonyl (C=O) groups excluding carboxylic acids is 2. The normalized spacial score (nSPS) is 24.3. The molecule has 1 fully saturated rings. The van der Waals surface area contributed by atoms with Crippen LogP contribution in [0.1, 0.15) is 53.9 Å². The van der Waals surface area contributed by atoms with E-state index in [-0.39, 0.29) is 29.8 Å². The zero-order valence-electron chi connectivity index (χ0n) is 12.9. The Morgan fingerprint density at radius 2 is 1.84 bits per heavy atom. The van der Waals surface area contributed by atoms with Gasteiger partial charge in [-0.05, 0) is 24.7 Å². The van der Waals surface area contributed by atoms with Gasteiger partial charge in [-0.25, -0.2) is 0 Å². The quantitative estimate of drug-likeness (QED) is 0.802. The first kappa shape index (κ1) is 16.0. The zero-order valence-corrected chi connectivity index (χ0v) is 12.9. The van der Waals surface area contributed by atoms with Crippen molar-refractivity contribution in [2.75, 3.05) is 6.54 Å². The van der Waals surface area contributed by atoms with Crippen molar-refractivity contribution in [2.24, 2.45) is 11.8 Å². The first-order chi connectivity index (χ1) is 8.88. The van der Waals surface area contributed by atoms with Gasteiger partial charge in [-0.15, -0.1) is 0 Å². The van der Waals surface area contributed by atoms with Crippen molar-refractivity contribution in [1.82, 2.24) is 10.2 Å². The van der Waals surface area contributed by atoms with E-state index in [4.69, 9.17) is 0 Å². The number of nitrogens with zero attached hydrogens (tertiary/aromatic N) is 1. The molecule has 0 aromatic heterocycles. The minimum Gasteiger partial charge on any atom is -0.342 e. The van der Waals surface area contributed by atoms with E-state index in [0.29, 0.717) is 12.5 Å². The van der Waals surface area contributed by atoms with Crippen molar-refractivity contribution < 1.29 is 9.59 Å². The van der Waals surface area contributed by atoms with Gasteiger partial charge >= 0.3 is 0 Å². The van der Waals surface area contributed by atoms with Crippen molar-refractivity contribution in [3.8, 4) is 0 Å². The number of hydrogen-bond acceptors (Lipinski definition) is 2. The maximum Gasteiger partial charge on any atom is 0.245 e. The molecular weight excluding hydrogens is 240 g/mol. The number of nitrogens with one attached hydrogen (secondary N) is 1. The second-order valence-corrected chi connectivity index (χ2v) is 6.25. The molecule has 0 saturated carbocycles. The smallest absolute Gasteiger partial charge is 0.245 e. The molecule has 0 radical (unpaired) electrons. The van der Waals surface area contributed by atoms with Crippen molar-refractivity contribution in [1.29, 1.82) is 0 Å². The predicted molar refractivity (Wildman–Crippen MR) is 76.6 cm³/mol. The second-order valence-electron chi connectivity index (χ2n) is 6.25. The molecule has 110 valence electrons. The van der Waals surface area contributed by atoms with E-state index in [1.54, 1.807) is 0 Å². The van der Waals surface area contributed by atoms with Crippen LogP contribution < -0.4 is 5.32 Å². The van der Waals surface area contributed by atoms with Crippen LogP contribution in [0.15, 0.2) is 0 Å². The second kappa shape index (κ2) is 6.92. The third-order valence-electron chi connectivity index (χ3n) is 3.66. The molecule has 0 aliphatic carbocycles. The summed E-state index contributed by atoms with van der Waals surface area (Å²) in [5, 5.41) is 2.89. The fourth-order valence-electron chi connectivity index (χ4n) is 2.59. The van der Waals surface area contributed by atoms with Crippen molar-refractivity contribution >= 4 is 11.8 Å². The maximum absolute atomic E-state index is 12.5. The Kier molecular flexibility index (Phi) is 5.83. The summed E-state index contributed by atoms with van der Waals surface area (Å²) < 4.78 is 0. The van der Waals surface area contributed by atoms with E-state index < -0.39 is 0 Å². The van der Waals surface area contributed by atoms with Crippen LogP contribution in [0.3, 0.4) is 0 Å². The monoisotopic (exact) mass is 268 g/mol. The summed E-state index contributed by atoms with van der Waals surface area (Å²) >= 11 is 0. The lowest BCUT2D eigenvalue weighted by Crippen LogP contribution is -2.64. The Labute approximate surface area is 116 Å². The molecule has 2 unspecified atom stereocenters. The summed E-state index contributed by atoms with van der Waals surface area (Å²) in [6.45, 7) is 11.0. The third-order valence-corrected chi connectivity index (χ3v) is 3.66. The third kappa shape index (κ3) is 3.95. The average Bonchev–Trinajstić information content (AvgIpc) is 2.30. The lowest BCUT2D eigenvalue weighted by Gasteiger charge is -2.41. The Balaban J connectivity index is 2.86. The van der Waals surface area contributed by atoms with Gasteiger partial charge in [0.15, 0.2) is 0 Å². The number of rotatable bonds is 6. The molecule has 0 aromatic carbocycles. The van der Waals surface area contributed by atoms with Crippen LogP contribution in [-0.2, 0) is 9.59 Å². The van der Waals surface area contributed by atoms with Gasteiger partial charge in [-0.3, -0.25) is 9.59 Å². The average molecular weight is 268 g/mol. The highest BCUT2D eigenvalue weighted by atomic mass is 16.2. The molecule has 19 heavy (non-hydrogen) atoms. The summed E-state index contributed by atoms with van der Waals surface area (Å²) in [5.41, 5.74) is 0. The van der Waals surface area contributed by atoms with Crippen LogP contribution >= 0.6 is 0 Å². The lowest BCUT2D eigenvalue weighted by molar-refractivity contribution is -0.151. The number of piperazine rings is 1. The van der Waals surface area contributed by atoms with Gasteiger partial charge in [0.1, 0.15) is 12.1 Å². The van der Waals surface area contributed by atoms with E-state index in [2.05, 4.69) is 19.2 Å². The van der Waals surface area contributed by atoms with Crippen LogP contribution in [0.4, 0.5) is 0 Å². The maximum atomic E-state index is 12.5. The summed E-state index contributed by atoms with van der Waals surface area (Å²) in [4.78, 5) is 26.5. The van der Waals surface area contributed by atoms with Crippen molar-refractivity contribution in [3.63, 3.8) is 0 Å². The largest absolute Gasteiger partial charge is 0.342 e. The molecular formula is C15H28N2O2. The van der Waals surface area contributed by atoms with Gasteiger partial charge in [0.25, 0.3) is 0 Å². The highest BCUT2D eigenvalue weighted by Crippen LogP contribution is 2.20. The molecule has 0 spiro atoms. The molecule has 4 nitrogen and oxygen atoms in total. The first-order valence-corrected chi connectivity index (χ1v) is 7.49.